The molecule has 21 heavy (non-hydrogen) atoms. The molecule has 0 heterocycles. The van der Waals surface area contributed by atoms with Crippen LogP contribution in [0.2, 0.25) is 0 Å². The third-order valence-electron chi connectivity index (χ3n) is 2.55. The molecule has 0 saturated heterocycles. The standard InChI is InChI=1S/C14H19N3O4/c1-3-21-14(20)10-6-4-5-7-11(10)17-13(19)9-16-8-12(18)15-2/h4-7,16H,3,8-9H2,1-2H3,(H,15,18)(H,17,19). The van der Waals surface area contributed by atoms with E-state index >= 15 is 0 Å². The molecule has 7 heteroatoms. The molecule has 0 fully saturated rings. The lowest BCUT2D eigenvalue weighted by Crippen LogP contribution is -2.36. The van der Waals surface area contributed by atoms with E-state index in [2.05, 4.69) is 16.0 Å². The molecule has 1 rings (SSSR count). The van der Waals surface area contributed by atoms with Crippen LogP contribution < -0.4 is 16.0 Å². The molecule has 7 nitrogen and oxygen atoms in total. The van der Waals surface area contributed by atoms with Crippen molar-refractivity contribution < 1.29 is 19.1 Å². The lowest BCUT2D eigenvalue weighted by Gasteiger charge is -2.10. The van der Waals surface area contributed by atoms with Crippen molar-refractivity contribution >= 4 is 23.5 Å². The van der Waals surface area contributed by atoms with Crippen molar-refractivity contribution in [3.05, 3.63) is 29.8 Å². The van der Waals surface area contributed by atoms with E-state index in [1.54, 1.807) is 31.2 Å². The molecule has 1 aromatic carbocycles. The Hall–Kier alpha value is -2.41. The predicted octanol–water partition coefficient (Wildman–Crippen LogP) is 0.137. The predicted molar refractivity (Wildman–Crippen MR) is 78.0 cm³/mol. The van der Waals surface area contributed by atoms with Gasteiger partial charge in [0.15, 0.2) is 0 Å². The smallest absolute Gasteiger partial charge is 0.340 e. The van der Waals surface area contributed by atoms with Gasteiger partial charge in [-0.2, -0.15) is 0 Å². The number of nitrogens with one attached hydrogen (secondary N) is 3. The lowest BCUT2D eigenvalue weighted by molar-refractivity contribution is -0.120. The lowest BCUT2D eigenvalue weighted by atomic mass is 10.2. The molecular formula is C14H19N3O4. The monoisotopic (exact) mass is 293 g/mol. The fourth-order valence-electron chi connectivity index (χ4n) is 1.55. The molecule has 1 aromatic rings. The van der Waals surface area contributed by atoms with Gasteiger partial charge in [0, 0.05) is 7.05 Å². The van der Waals surface area contributed by atoms with Crippen molar-refractivity contribution in [1.82, 2.24) is 10.6 Å². The molecule has 114 valence electrons. The molecule has 0 aliphatic carbocycles. The Morgan fingerprint density at radius 1 is 1.10 bits per heavy atom. The van der Waals surface area contributed by atoms with Gasteiger partial charge in [0.1, 0.15) is 0 Å². The van der Waals surface area contributed by atoms with Crippen molar-refractivity contribution in [2.75, 3.05) is 32.1 Å². The van der Waals surface area contributed by atoms with Crippen molar-refractivity contribution in [3.63, 3.8) is 0 Å². The van der Waals surface area contributed by atoms with Gasteiger partial charge >= 0.3 is 5.97 Å². The second-order valence-electron chi connectivity index (χ2n) is 4.09. The molecule has 0 spiro atoms. The zero-order chi connectivity index (χ0) is 15.7. The summed E-state index contributed by atoms with van der Waals surface area (Å²) in [6, 6.07) is 6.58. The molecule has 0 radical (unpaired) electrons. The molecule has 0 bridgehead atoms. The van der Waals surface area contributed by atoms with E-state index in [0.29, 0.717) is 11.3 Å². The second-order valence-corrected chi connectivity index (χ2v) is 4.09. The summed E-state index contributed by atoms with van der Waals surface area (Å²) >= 11 is 0. The normalized spacial score (nSPS) is 9.81. The maximum Gasteiger partial charge on any atom is 0.340 e. The van der Waals surface area contributed by atoms with Crippen LogP contribution >= 0.6 is 0 Å². The summed E-state index contributed by atoms with van der Waals surface area (Å²) in [6.07, 6.45) is 0. The molecule has 0 atom stereocenters. The van der Waals surface area contributed by atoms with Gasteiger partial charge in [0.25, 0.3) is 0 Å². The number of para-hydroxylation sites is 1. The first kappa shape index (κ1) is 16.6. The molecule has 0 unspecified atom stereocenters. The Morgan fingerprint density at radius 2 is 1.76 bits per heavy atom. The number of amides is 2. The molecular weight excluding hydrogens is 274 g/mol. The minimum Gasteiger partial charge on any atom is -0.462 e. The Bertz CT molecular complexity index is 517. The minimum absolute atomic E-state index is 0.0371. The Kier molecular flexibility index (Phi) is 6.90. The molecule has 0 aliphatic heterocycles. The van der Waals surface area contributed by atoms with Crippen LogP contribution in [0.1, 0.15) is 17.3 Å². The average Bonchev–Trinajstić information content (AvgIpc) is 2.47. The van der Waals surface area contributed by atoms with Gasteiger partial charge in [-0.15, -0.1) is 0 Å². The van der Waals surface area contributed by atoms with E-state index in [9.17, 15) is 14.4 Å². The van der Waals surface area contributed by atoms with Gasteiger partial charge in [-0.1, -0.05) is 12.1 Å². The van der Waals surface area contributed by atoms with Crippen molar-refractivity contribution in [2.24, 2.45) is 0 Å². The number of hydrogen-bond acceptors (Lipinski definition) is 5. The molecule has 0 aliphatic rings. The van der Waals surface area contributed by atoms with E-state index < -0.39 is 5.97 Å². The van der Waals surface area contributed by atoms with Crippen molar-refractivity contribution in [1.29, 1.82) is 0 Å². The van der Waals surface area contributed by atoms with E-state index in [1.165, 1.54) is 7.05 Å². The Balaban J connectivity index is 2.60. The van der Waals surface area contributed by atoms with Crippen LogP contribution in [0, 0.1) is 0 Å². The quantitative estimate of drug-likeness (QED) is 0.621. The van der Waals surface area contributed by atoms with E-state index in [1.807, 2.05) is 0 Å². The number of esters is 1. The summed E-state index contributed by atoms with van der Waals surface area (Å²) in [4.78, 5) is 34.5. The number of carbonyl (C=O) groups is 3. The van der Waals surface area contributed by atoms with Crippen molar-refractivity contribution in [3.8, 4) is 0 Å². The number of rotatable bonds is 7. The topological polar surface area (TPSA) is 96.5 Å². The fourth-order valence-corrected chi connectivity index (χ4v) is 1.55. The summed E-state index contributed by atoms with van der Waals surface area (Å²) in [5.74, 6) is -1.06. The van der Waals surface area contributed by atoms with E-state index in [4.69, 9.17) is 4.74 Å². The van der Waals surface area contributed by atoms with Gasteiger partial charge in [0.05, 0.1) is 30.9 Å². The first-order valence-electron chi connectivity index (χ1n) is 6.55. The van der Waals surface area contributed by atoms with Crippen LogP contribution in [0.25, 0.3) is 0 Å². The third-order valence-corrected chi connectivity index (χ3v) is 2.55. The first-order valence-corrected chi connectivity index (χ1v) is 6.55. The summed E-state index contributed by atoms with van der Waals surface area (Å²) in [5, 5.41) is 7.73. The third kappa shape index (κ3) is 5.62. The summed E-state index contributed by atoms with van der Waals surface area (Å²) in [6.45, 7) is 1.98. The summed E-state index contributed by atoms with van der Waals surface area (Å²) < 4.78 is 4.92. The largest absolute Gasteiger partial charge is 0.462 e. The van der Waals surface area contributed by atoms with Gasteiger partial charge in [-0.25, -0.2) is 4.79 Å². The van der Waals surface area contributed by atoms with Gasteiger partial charge in [-0.05, 0) is 19.1 Å². The van der Waals surface area contributed by atoms with Crippen LogP contribution in [-0.2, 0) is 14.3 Å². The highest BCUT2D eigenvalue weighted by molar-refractivity contribution is 6.01. The number of ether oxygens (including phenoxy) is 1. The number of hydrogen-bond donors (Lipinski definition) is 3. The van der Waals surface area contributed by atoms with Gasteiger partial charge in [-0.3, -0.25) is 14.9 Å². The van der Waals surface area contributed by atoms with Gasteiger partial charge in [0.2, 0.25) is 11.8 Å². The van der Waals surface area contributed by atoms with E-state index in [0.717, 1.165) is 0 Å². The second kappa shape index (κ2) is 8.70. The zero-order valence-electron chi connectivity index (χ0n) is 12.1. The highest BCUT2D eigenvalue weighted by Gasteiger charge is 2.13. The summed E-state index contributed by atoms with van der Waals surface area (Å²) in [5.41, 5.74) is 0.668. The molecule has 0 aromatic heterocycles. The molecule has 2 amide bonds. The minimum atomic E-state index is -0.494. The van der Waals surface area contributed by atoms with Crippen molar-refractivity contribution in [2.45, 2.75) is 6.92 Å². The number of benzene rings is 1. The Labute approximate surface area is 123 Å². The average molecular weight is 293 g/mol. The van der Waals surface area contributed by atoms with E-state index in [-0.39, 0.29) is 31.5 Å². The number of likely N-dealkylation sites (N-methyl/N-ethyl adjacent to an activating group) is 1. The van der Waals surface area contributed by atoms with Crippen LogP contribution in [0.5, 0.6) is 0 Å². The van der Waals surface area contributed by atoms with Crippen LogP contribution in [0.4, 0.5) is 5.69 Å². The Morgan fingerprint density at radius 3 is 2.43 bits per heavy atom. The van der Waals surface area contributed by atoms with Gasteiger partial charge < -0.3 is 15.4 Å². The highest BCUT2D eigenvalue weighted by Crippen LogP contribution is 2.15. The molecule has 0 saturated carbocycles. The summed E-state index contributed by atoms with van der Waals surface area (Å²) in [7, 11) is 1.51. The fraction of sp³-hybridized carbons (Fsp3) is 0.357. The van der Waals surface area contributed by atoms with Crippen LogP contribution in [0.3, 0.4) is 0 Å². The van der Waals surface area contributed by atoms with Crippen LogP contribution in [0.15, 0.2) is 24.3 Å². The molecule has 3 N–H and O–H groups in total. The first-order chi connectivity index (χ1) is 10.1. The van der Waals surface area contributed by atoms with Crippen LogP contribution in [-0.4, -0.2) is 44.5 Å². The SMILES string of the molecule is CCOC(=O)c1ccccc1NC(=O)CNCC(=O)NC. The number of anilines is 1. The zero-order valence-corrected chi connectivity index (χ0v) is 12.1. The number of carbonyl (C=O) groups excluding carboxylic acids is 3. The maximum absolute atomic E-state index is 11.8. The maximum atomic E-state index is 11.8. The highest BCUT2D eigenvalue weighted by atomic mass is 16.5.